The molecule has 30 heavy (non-hydrogen) atoms. The Kier molecular flexibility index (Phi) is 5.80. The van der Waals surface area contributed by atoms with Gasteiger partial charge in [-0.2, -0.15) is 11.8 Å². The van der Waals surface area contributed by atoms with Crippen LogP contribution in [0.2, 0.25) is 0 Å². The Hall–Kier alpha value is -2.81. The van der Waals surface area contributed by atoms with E-state index in [0.717, 1.165) is 12.1 Å². The minimum Gasteiger partial charge on any atom is -0.324 e. The van der Waals surface area contributed by atoms with E-state index in [1.807, 2.05) is 12.3 Å². The molecule has 2 aliphatic rings. The molecule has 3 heterocycles. The molecule has 1 fully saturated rings. The molecule has 2 bridgehead atoms. The lowest BCUT2D eigenvalue weighted by Gasteiger charge is -2.42. The number of carbonyl (C=O) groups excluding carboxylic acids is 2. The quantitative estimate of drug-likeness (QED) is 0.781. The number of amides is 3. The van der Waals surface area contributed by atoms with Crippen molar-refractivity contribution in [3.63, 3.8) is 0 Å². The molecule has 4 rings (SSSR count). The maximum Gasteiger partial charge on any atom is 0.321 e. The molecule has 2 aliphatic heterocycles. The summed E-state index contributed by atoms with van der Waals surface area (Å²) in [4.78, 5) is 39.2. The molecular weight excluding hydrogens is 407 g/mol. The summed E-state index contributed by atoms with van der Waals surface area (Å²) in [5, 5.41) is 5.50. The molecule has 2 atom stereocenters. The Morgan fingerprint density at radius 2 is 1.87 bits per heavy atom. The number of halogens is 1. The van der Waals surface area contributed by atoms with Crippen molar-refractivity contribution in [3.8, 4) is 0 Å². The maximum atomic E-state index is 13.1. The van der Waals surface area contributed by atoms with E-state index in [1.54, 1.807) is 15.5 Å². The van der Waals surface area contributed by atoms with Crippen LogP contribution in [0, 0.1) is 11.7 Å². The SMILES string of the molecule is CSCC(=O)Nc1ccc2n(c1=O)C[C@H]1C[C@@H]2CN(C(=O)Nc2ccc(F)cc2)C1. The van der Waals surface area contributed by atoms with Crippen molar-refractivity contribution in [1.82, 2.24) is 9.47 Å². The van der Waals surface area contributed by atoms with Crippen molar-refractivity contribution in [1.29, 1.82) is 0 Å². The average Bonchev–Trinajstić information content (AvgIpc) is 2.72. The first kappa shape index (κ1) is 20.5. The highest BCUT2D eigenvalue weighted by molar-refractivity contribution is 7.99. The Labute approximate surface area is 177 Å². The topological polar surface area (TPSA) is 83.4 Å². The van der Waals surface area contributed by atoms with Crippen LogP contribution in [0.5, 0.6) is 0 Å². The van der Waals surface area contributed by atoms with Gasteiger partial charge in [0.25, 0.3) is 5.56 Å². The summed E-state index contributed by atoms with van der Waals surface area (Å²) >= 11 is 1.40. The van der Waals surface area contributed by atoms with E-state index in [4.69, 9.17) is 0 Å². The van der Waals surface area contributed by atoms with E-state index in [-0.39, 0.29) is 35.2 Å². The molecule has 7 nitrogen and oxygen atoms in total. The number of fused-ring (bicyclic) bond motifs is 4. The number of thioether (sulfide) groups is 1. The van der Waals surface area contributed by atoms with E-state index < -0.39 is 0 Å². The lowest BCUT2D eigenvalue weighted by atomic mass is 9.83. The van der Waals surface area contributed by atoms with Crippen LogP contribution in [0.25, 0.3) is 0 Å². The first-order valence-corrected chi connectivity index (χ1v) is 11.2. The monoisotopic (exact) mass is 430 g/mol. The van der Waals surface area contributed by atoms with Gasteiger partial charge in [-0.05, 0) is 55.0 Å². The van der Waals surface area contributed by atoms with Gasteiger partial charge in [0.15, 0.2) is 0 Å². The van der Waals surface area contributed by atoms with Gasteiger partial charge in [-0.1, -0.05) is 0 Å². The number of piperidine rings is 1. The predicted molar refractivity (Wildman–Crippen MR) is 116 cm³/mol. The summed E-state index contributed by atoms with van der Waals surface area (Å²) in [6, 6.07) is 8.97. The van der Waals surface area contributed by atoms with Crippen LogP contribution in [-0.4, -0.2) is 46.5 Å². The van der Waals surface area contributed by atoms with Gasteiger partial charge in [-0.3, -0.25) is 9.59 Å². The molecule has 0 aliphatic carbocycles. The number of anilines is 2. The van der Waals surface area contributed by atoms with Crippen LogP contribution >= 0.6 is 11.8 Å². The second-order valence-electron chi connectivity index (χ2n) is 7.71. The zero-order chi connectivity index (χ0) is 21.3. The molecular formula is C21H23FN4O3S. The molecule has 3 amide bonds. The zero-order valence-corrected chi connectivity index (χ0v) is 17.4. The molecule has 0 radical (unpaired) electrons. The molecule has 1 aromatic heterocycles. The average molecular weight is 431 g/mol. The van der Waals surface area contributed by atoms with Crippen molar-refractivity contribution in [2.45, 2.75) is 18.9 Å². The molecule has 0 saturated carbocycles. The van der Waals surface area contributed by atoms with Gasteiger partial charge >= 0.3 is 6.03 Å². The van der Waals surface area contributed by atoms with E-state index in [0.29, 0.717) is 36.8 Å². The van der Waals surface area contributed by atoms with Crippen molar-refractivity contribution >= 4 is 35.1 Å². The summed E-state index contributed by atoms with van der Waals surface area (Å²) < 4.78 is 14.8. The third kappa shape index (κ3) is 4.21. The Morgan fingerprint density at radius 1 is 1.10 bits per heavy atom. The van der Waals surface area contributed by atoms with Crippen molar-refractivity contribution in [2.75, 3.05) is 35.7 Å². The minimum absolute atomic E-state index is 0.0557. The Morgan fingerprint density at radius 3 is 2.60 bits per heavy atom. The Bertz CT molecular complexity index is 1020. The number of hydrogen-bond donors (Lipinski definition) is 2. The van der Waals surface area contributed by atoms with Crippen LogP contribution in [-0.2, 0) is 11.3 Å². The number of aromatic nitrogens is 1. The molecule has 0 spiro atoms. The van der Waals surface area contributed by atoms with Crippen LogP contribution in [0.1, 0.15) is 18.0 Å². The fourth-order valence-corrected chi connectivity index (χ4v) is 4.59. The fourth-order valence-electron chi connectivity index (χ4n) is 4.26. The maximum absolute atomic E-state index is 13.1. The number of benzene rings is 1. The summed E-state index contributed by atoms with van der Waals surface area (Å²) in [5.74, 6) is -0.0403. The molecule has 158 valence electrons. The second kappa shape index (κ2) is 8.51. The zero-order valence-electron chi connectivity index (χ0n) is 16.6. The summed E-state index contributed by atoms with van der Waals surface area (Å²) in [6.07, 6.45) is 2.75. The van der Waals surface area contributed by atoms with Gasteiger partial charge in [-0.15, -0.1) is 0 Å². The summed E-state index contributed by atoms with van der Waals surface area (Å²) in [5.41, 5.74) is 1.53. The van der Waals surface area contributed by atoms with E-state index in [1.165, 1.54) is 36.0 Å². The lowest BCUT2D eigenvalue weighted by molar-refractivity contribution is -0.113. The minimum atomic E-state index is -0.355. The Balaban J connectivity index is 1.50. The van der Waals surface area contributed by atoms with Gasteiger partial charge in [0.2, 0.25) is 5.91 Å². The van der Waals surface area contributed by atoms with Gasteiger partial charge in [0.05, 0.1) is 5.75 Å². The number of urea groups is 1. The number of hydrogen-bond acceptors (Lipinski definition) is 4. The summed E-state index contributed by atoms with van der Waals surface area (Å²) in [6.45, 7) is 1.55. The van der Waals surface area contributed by atoms with Crippen LogP contribution < -0.4 is 16.2 Å². The number of likely N-dealkylation sites (tertiary alicyclic amines) is 1. The summed E-state index contributed by atoms with van der Waals surface area (Å²) in [7, 11) is 0. The molecule has 2 aromatic rings. The number of nitrogens with one attached hydrogen (secondary N) is 2. The molecule has 1 aromatic carbocycles. The standard InChI is InChI=1S/C21H23FN4O3S/c1-30-12-19(27)24-17-6-7-18-14-8-13(10-26(18)20(17)28)9-25(11-14)21(29)23-16-4-2-15(22)3-5-16/h2-7,13-14H,8-12H2,1H3,(H,23,29)(H,24,27)/t13-,14+/m0/s1. The molecule has 2 N–H and O–H groups in total. The second-order valence-corrected chi connectivity index (χ2v) is 8.58. The lowest BCUT2D eigenvalue weighted by Crippen LogP contribution is -2.50. The predicted octanol–water partition coefficient (Wildman–Crippen LogP) is 2.94. The van der Waals surface area contributed by atoms with Crippen LogP contribution in [0.15, 0.2) is 41.2 Å². The van der Waals surface area contributed by atoms with E-state index in [9.17, 15) is 18.8 Å². The van der Waals surface area contributed by atoms with Crippen molar-refractivity contribution < 1.29 is 14.0 Å². The van der Waals surface area contributed by atoms with Crippen LogP contribution in [0.3, 0.4) is 0 Å². The number of nitrogens with zero attached hydrogens (tertiary/aromatic N) is 2. The van der Waals surface area contributed by atoms with Gasteiger partial charge in [0.1, 0.15) is 11.5 Å². The molecule has 0 unspecified atom stereocenters. The first-order valence-electron chi connectivity index (χ1n) is 9.78. The van der Waals surface area contributed by atoms with Crippen LogP contribution in [0.4, 0.5) is 20.6 Å². The smallest absolute Gasteiger partial charge is 0.321 e. The third-order valence-electron chi connectivity index (χ3n) is 5.54. The number of rotatable bonds is 4. The van der Waals surface area contributed by atoms with Crippen molar-refractivity contribution in [3.05, 3.63) is 58.3 Å². The third-order valence-corrected chi connectivity index (χ3v) is 6.09. The fraction of sp³-hybridized carbons (Fsp3) is 0.381. The highest BCUT2D eigenvalue weighted by Crippen LogP contribution is 2.35. The normalized spacial score (nSPS) is 19.7. The highest BCUT2D eigenvalue weighted by Gasteiger charge is 2.36. The largest absolute Gasteiger partial charge is 0.324 e. The van der Waals surface area contributed by atoms with E-state index in [2.05, 4.69) is 10.6 Å². The van der Waals surface area contributed by atoms with Crippen molar-refractivity contribution in [2.24, 2.45) is 5.92 Å². The molecule has 9 heteroatoms. The first-order chi connectivity index (χ1) is 14.4. The number of carbonyl (C=O) groups is 2. The van der Waals surface area contributed by atoms with Gasteiger partial charge in [0, 0.05) is 36.9 Å². The number of pyridine rings is 1. The van der Waals surface area contributed by atoms with E-state index >= 15 is 0 Å². The van der Waals surface area contributed by atoms with Gasteiger partial charge < -0.3 is 20.1 Å². The highest BCUT2D eigenvalue weighted by atomic mass is 32.2. The van der Waals surface area contributed by atoms with Gasteiger partial charge in [-0.25, -0.2) is 9.18 Å². The molecule has 1 saturated heterocycles.